The molecule has 0 aromatic rings. The summed E-state index contributed by atoms with van der Waals surface area (Å²) in [6, 6.07) is 0.457. The molecule has 0 aromatic carbocycles. The van der Waals surface area contributed by atoms with Crippen molar-refractivity contribution in [3.05, 3.63) is 0 Å². The fraction of sp³-hybridized carbons (Fsp3) is 1.00. The van der Waals surface area contributed by atoms with Gasteiger partial charge in [0.1, 0.15) is 0 Å². The molecular formula is C14H29NO2S. The molecule has 1 aliphatic rings. The molecule has 108 valence electrons. The Kier molecular flexibility index (Phi) is 8.90. The van der Waals surface area contributed by atoms with Crippen molar-refractivity contribution in [2.24, 2.45) is 0 Å². The third-order valence-corrected chi connectivity index (χ3v) is 5.63. The Hall–Kier alpha value is 0.0700. The van der Waals surface area contributed by atoms with Crippen LogP contribution in [-0.4, -0.2) is 41.5 Å². The minimum absolute atomic E-state index is 0.349. The van der Waals surface area contributed by atoms with Crippen molar-refractivity contribution in [3.63, 3.8) is 0 Å². The topological polar surface area (TPSA) is 38.3 Å². The van der Waals surface area contributed by atoms with Crippen LogP contribution in [0.5, 0.6) is 0 Å². The summed E-state index contributed by atoms with van der Waals surface area (Å²) in [6.45, 7) is 3.85. The van der Waals surface area contributed by atoms with Crippen LogP contribution in [-0.2, 0) is 15.5 Å². The molecule has 0 amide bonds. The van der Waals surface area contributed by atoms with Crippen molar-refractivity contribution in [1.82, 2.24) is 5.32 Å². The van der Waals surface area contributed by atoms with Gasteiger partial charge in [0.25, 0.3) is 0 Å². The standard InChI is InChI=1S/C14H29NO2S/c1-3-15-13-9-6-4-5-7-10-14(13)18(16)12-8-11-17-2/h13-15H,3-12H2,1-2H3. The summed E-state index contributed by atoms with van der Waals surface area (Å²) in [7, 11) is 1.01. The molecule has 18 heavy (non-hydrogen) atoms. The average Bonchev–Trinajstić information content (AvgIpc) is 2.33. The van der Waals surface area contributed by atoms with E-state index < -0.39 is 10.8 Å². The molecule has 0 heterocycles. The van der Waals surface area contributed by atoms with Gasteiger partial charge in [-0.2, -0.15) is 0 Å². The predicted molar refractivity (Wildman–Crippen MR) is 78.5 cm³/mol. The molecule has 0 aliphatic heterocycles. The van der Waals surface area contributed by atoms with E-state index in [4.69, 9.17) is 4.74 Å². The van der Waals surface area contributed by atoms with E-state index in [0.29, 0.717) is 11.3 Å². The summed E-state index contributed by atoms with van der Waals surface area (Å²) >= 11 is 0. The molecule has 1 fully saturated rings. The molecule has 1 N–H and O–H groups in total. The maximum absolute atomic E-state index is 12.4. The van der Waals surface area contributed by atoms with Crippen molar-refractivity contribution in [2.75, 3.05) is 26.0 Å². The van der Waals surface area contributed by atoms with Gasteiger partial charge in [-0.25, -0.2) is 0 Å². The summed E-state index contributed by atoms with van der Waals surface area (Å²) < 4.78 is 17.5. The third kappa shape index (κ3) is 5.81. The lowest BCUT2D eigenvalue weighted by atomic mass is 9.96. The Morgan fingerprint density at radius 2 is 1.94 bits per heavy atom. The number of nitrogens with one attached hydrogen (secondary N) is 1. The van der Waals surface area contributed by atoms with Gasteiger partial charge in [0, 0.05) is 36.3 Å². The second kappa shape index (κ2) is 9.93. The van der Waals surface area contributed by atoms with Crippen LogP contribution in [0.25, 0.3) is 0 Å². The third-order valence-electron chi connectivity index (χ3n) is 3.70. The summed E-state index contributed by atoms with van der Waals surface area (Å²) in [5, 5.41) is 3.90. The number of hydrogen-bond acceptors (Lipinski definition) is 3. The van der Waals surface area contributed by atoms with Crippen LogP contribution in [0.4, 0.5) is 0 Å². The highest BCUT2D eigenvalue weighted by Gasteiger charge is 2.26. The van der Waals surface area contributed by atoms with Gasteiger partial charge in [-0.3, -0.25) is 4.21 Å². The van der Waals surface area contributed by atoms with Gasteiger partial charge in [-0.05, 0) is 25.8 Å². The zero-order chi connectivity index (χ0) is 13.2. The molecule has 0 aromatic heterocycles. The van der Waals surface area contributed by atoms with E-state index in [9.17, 15) is 4.21 Å². The Morgan fingerprint density at radius 1 is 1.22 bits per heavy atom. The van der Waals surface area contributed by atoms with Gasteiger partial charge < -0.3 is 10.1 Å². The maximum Gasteiger partial charge on any atom is 0.0501 e. The fourth-order valence-electron chi connectivity index (χ4n) is 2.76. The monoisotopic (exact) mass is 275 g/mol. The van der Waals surface area contributed by atoms with Crippen molar-refractivity contribution in [3.8, 4) is 0 Å². The minimum Gasteiger partial charge on any atom is -0.385 e. The Labute approximate surface area is 115 Å². The van der Waals surface area contributed by atoms with Gasteiger partial charge in [-0.15, -0.1) is 0 Å². The number of hydrogen-bond donors (Lipinski definition) is 1. The van der Waals surface area contributed by atoms with Crippen LogP contribution >= 0.6 is 0 Å². The molecule has 3 nitrogen and oxygen atoms in total. The molecule has 0 radical (unpaired) electrons. The summed E-state index contributed by atoms with van der Waals surface area (Å²) in [5.74, 6) is 0.792. The summed E-state index contributed by atoms with van der Waals surface area (Å²) in [6.07, 6.45) is 8.39. The molecule has 1 saturated carbocycles. The first-order valence-corrected chi connectivity index (χ1v) is 8.77. The predicted octanol–water partition coefficient (Wildman–Crippen LogP) is 2.47. The summed E-state index contributed by atoms with van der Waals surface area (Å²) in [5.41, 5.74) is 0. The zero-order valence-corrected chi connectivity index (χ0v) is 12.8. The SMILES string of the molecule is CCNC1CCCCCCC1S(=O)CCCOC. The number of ether oxygens (including phenoxy) is 1. The van der Waals surface area contributed by atoms with Crippen molar-refractivity contribution in [1.29, 1.82) is 0 Å². The number of methoxy groups -OCH3 is 1. The molecular weight excluding hydrogens is 246 g/mol. The van der Waals surface area contributed by atoms with Gasteiger partial charge in [0.2, 0.25) is 0 Å². The van der Waals surface area contributed by atoms with Gasteiger partial charge in [0.15, 0.2) is 0 Å². The van der Waals surface area contributed by atoms with E-state index in [1.54, 1.807) is 7.11 Å². The Balaban J connectivity index is 2.50. The fourth-order valence-corrected chi connectivity index (χ4v) is 4.49. The first-order chi connectivity index (χ1) is 8.79. The van der Waals surface area contributed by atoms with Gasteiger partial charge in [0.05, 0.1) is 5.25 Å². The van der Waals surface area contributed by atoms with Crippen LogP contribution in [0.3, 0.4) is 0 Å². The first-order valence-electron chi connectivity index (χ1n) is 7.39. The number of rotatable bonds is 7. The first kappa shape index (κ1) is 16.1. The second-order valence-corrected chi connectivity index (χ2v) is 6.90. The highest BCUT2D eigenvalue weighted by Crippen LogP contribution is 2.22. The average molecular weight is 275 g/mol. The summed E-state index contributed by atoms with van der Waals surface area (Å²) in [4.78, 5) is 0. The van der Waals surface area contributed by atoms with Crippen LogP contribution in [0.2, 0.25) is 0 Å². The molecule has 3 atom stereocenters. The minimum atomic E-state index is -0.701. The van der Waals surface area contributed by atoms with Crippen LogP contribution in [0.15, 0.2) is 0 Å². The molecule has 3 unspecified atom stereocenters. The van der Waals surface area contributed by atoms with E-state index >= 15 is 0 Å². The van der Waals surface area contributed by atoms with Crippen LogP contribution in [0, 0.1) is 0 Å². The lowest BCUT2D eigenvalue weighted by molar-refractivity contribution is 0.199. The lowest BCUT2D eigenvalue weighted by Gasteiger charge is -2.29. The quantitative estimate of drug-likeness (QED) is 0.725. The maximum atomic E-state index is 12.4. The highest BCUT2D eigenvalue weighted by molar-refractivity contribution is 7.85. The zero-order valence-electron chi connectivity index (χ0n) is 12.0. The molecule has 0 spiro atoms. The second-order valence-electron chi connectivity index (χ2n) is 5.13. The molecule has 1 rings (SSSR count). The van der Waals surface area contributed by atoms with Crippen molar-refractivity contribution in [2.45, 2.75) is 63.2 Å². The van der Waals surface area contributed by atoms with Gasteiger partial charge >= 0.3 is 0 Å². The van der Waals surface area contributed by atoms with Crippen LogP contribution in [0.1, 0.15) is 51.9 Å². The van der Waals surface area contributed by atoms with E-state index in [2.05, 4.69) is 12.2 Å². The normalized spacial score (nSPS) is 27.4. The lowest BCUT2D eigenvalue weighted by Crippen LogP contribution is -2.43. The largest absolute Gasteiger partial charge is 0.385 e. The molecule has 4 heteroatoms. The molecule has 1 aliphatic carbocycles. The molecule has 0 bridgehead atoms. The Bertz CT molecular complexity index is 236. The van der Waals surface area contributed by atoms with E-state index in [1.165, 1.54) is 32.1 Å². The van der Waals surface area contributed by atoms with Gasteiger partial charge in [-0.1, -0.05) is 32.6 Å². The smallest absolute Gasteiger partial charge is 0.0501 e. The van der Waals surface area contributed by atoms with E-state index in [-0.39, 0.29) is 0 Å². The Morgan fingerprint density at radius 3 is 2.61 bits per heavy atom. The van der Waals surface area contributed by atoms with Crippen LogP contribution < -0.4 is 5.32 Å². The van der Waals surface area contributed by atoms with Crippen molar-refractivity contribution < 1.29 is 8.95 Å². The highest BCUT2D eigenvalue weighted by atomic mass is 32.2. The van der Waals surface area contributed by atoms with Crippen molar-refractivity contribution >= 4 is 10.8 Å². The van der Waals surface area contributed by atoms with E-state index in [1.807, 2.05) is 0 Å². The van der Waals surface area contributed by atoms with E-state index in [0.717, 1.165) is 31.7 Å². The molecule has 0 saturated heterocycles.